The minimum atomic E-state index is -0.0913. The van der Waals surface area contributed by atoms with Crippen LogP contribution in [-0.4, -0.2) is 9.97 Å². The Morgan fingerprint density at radius 2 is 2.07 bits per heavy atom. The third kappa shape index (κ3) is 3.56. The van der Waals surface area contributed by atoms with Gasteiger partial charge in [0.25, 0.3) is 5.56 Å². The van der Waals surface area contributed by atoms with E-state index in [9.17, 15) is 4.79 Å². The summed E-state index contributed by atoms with van der Waals surface area (Å²) < 4.78 is 0. The Kier molecular flexibility index (Phi) is 5.10. The molecule has 6 heteroatoms. The highest BCUT2D eigenvalue weighted by Gasteiger charge is 2.24. The molecule has 2 heterocycles. The van der Waals surface area contributed by atoms with Crippen LogP contribution in [-0.2, 0) is 12.8 Å². The highest BCUT2D eigenvalue weighted by atomic mass is 35.5. The van der Waals surface area contributed by atoms with Crippen molar-refractivity contribution in [1.29, 1.82) is 0 Å². The number of thiophene rings is 1. The quantitative estimate of drug-likeness (QED) is 0.633. The fourth-order valence-electron chi connectivity index (χ4n) is 3.94. The van der Waals surface area contributed by atoms with Gasteiger partial charge in [-0.05, 0) is 56.2 Å². The van der Waals surface area contributed by atoms with Gasteiger partial charge in [0.15, 0.2) is 0 Å². The molecule has 142 valence electrons. The second-order valence-electron chi connectivity index (χ2n) is 7.61. The Labute approximate surface area is 168 Å². The fraction of sp³-hybridized carbons (Fsp3) is 0.429. The SMILES string of the molecule is CC1CCc2c(sc3nc(C(C)NC(C)c4ccccc4Cl)[nH]c(=O)c23)C1. The van der Waals surface area contributed by atoms with E-state index in [4.69, 9.17) is 16.6 Å². The number of benzene rings is 1. The summed E-state index contributed by atoms with van der Waals surface area (Å²) >= 11 is 8.00. The van der Waals surface area contributed by atoms with E-state index in [1.807, 2.05) is 31.2 Å². The number of halogens is 1. The third-order valence-corrected chi connectivity index (χ3v) is 6.96. The molecule has 0 saturated heterocycles. The number of fused-ring (bicyclic) bond motifs is 3. The van der Waals surface area contributed by atoms with Gasteiger partial charge in [0, 0.05) is 15.9 Å². The molecule has 3 atom stereocenters. The Balaban J connectivity index is 1.64. The topological polar surface area (TPSA) is 57.8 Å². The van der Waals surface area contributed by atoms with Gasteiger partial charge in [-0.1, -0.05) is 36.7 Å². The van der Waals surface area contributed by atoms with Gasteiger partial charge in [0.05, 0.1) is 11.4 Å². The van der Waals surface area contributed by atoms with Crippen LogP contribution in [0, 0.1) is 5.92 Å². The Morgan fingerprint density at radius 1 is 1.30 bits per heavy atom. The third-order valence-electron chi connectivity index (χ3n) is 5.47. The number of H-pyrrole nitrogens is 1. The summed E-state index contributed by atoms with van der Waals surface area (Å²) in [4.78, 5) is 22.8. The van der Waals surface area contributed by atoms with Crippen LogP contribution >= 0.6 is 22.9 Å². The maximum absolute atomic E-state index is 12.8. The van der Waals surface area contributed by atoms with Gasteiger partial charge in [0.2, 0.25) is 0 Å². The molecule has 2 N–H and O–H groups in total. The molecule has 0 saturated carbocycles. The number of nitrogens with one attached hydrogen (secondary N) is 2. The zero-order valence-electron chi connectivity index (χ0n) is 15.8. The van der Waals surface area contributed by atoms with Crippen LogP contribution in [0.15, 0.2) is 29.1 Å². The minimum absolute atomic E-state index is 0.0129. The first-order chi connectivity index (χ1) is 12.9. The lowest BCUT2D eigenvalue weighted by Gasteiger charge is -2.20. The van der Waals surface area contributed by atoms with Crippen molar-refractivity contribution in [3.05, 3.63) is 61.5 Å². The number of aromatic amines is 1. The lowest BCUT2D eigenvalue weighted by Crippen LogP contribution is -2.26. The van der Waals surface area contributed by atoms with Gasteiger partial charge in [-0.3, -0.25) is 4.79 Å². The fourth-order valence-corrected chi connectivity index (χ4v) is 5.63. The maximum atomic E-state index is 12.8. The van der Waals surface area contributed by atoms with E-state index in [-0.39, 0.29) is 17.6 Å². The van der Waals surface area contributed by atoms with E-state index in [0.29, 0.717) is 11.7 Å². The first-order valence-electron chi connectivity index (χ1n) is 9.49. The Bertz CT molecular complexity index is 1040. The number of hydrogen-bond acceptors (Lipinski definition) is 4. The summed E-state index contributed by atoms with van der Waals surface area (Å²) in [5, 5.41) is 5.04. The summed E-state index contributed by atoms with van der Waals surface area (Å²) in [6, 6.07) is 7.77. The van der Waals surface area contributed by atoms with Crippen LogP contribution in [0.3, 0.4) is 0 Å². The molecular formula is C21H24ClN3OS. The highest BCUT2D eigenvalue weighted by Crippen LogP contribution is 2.36. The molecule has 1 aliphatic rings. The number of hydrogen-bond donors (Lipinski definition) is 2. The number of aryl methyl sites for hydroxylation is 1. The molecule has 0 bridgehead atoms. The van der Waals surface area contributed by atoms with Gasteiger partial charge in [-0.25, -0.2) is 4.98 Å². The van der Waals surface area contributed by atoms with Crippen molar-refractivity contribution < 1.29 is 0 Å². The summed E-state index contributed by atoms with van der Waals surface area (Å²) in [5.74, 6) is 1.36. The standard InChI is InChI=1S/C21H24ClN3OS/c1-11-8-9-15-17(10-11)27-21-18(15)20(26)24-19(25-21)13(3)23-12(2)14-6-4-5-7-16(14)22/h4-7,11-13,23H,8-10H2,1-3H3,(H,24,25,26). The molecule has 0 radical (unpaired) electrons. The molecule has 27 heavy (non-hydrogen) atoms. The predicted molar refractivity (Wildman–Crippen MR) is 113 cm³/mol. The first-order valence-corrected chi connectivity index (χ1v) is 10.7. The monoisotopic (exact) mass is 401 g/mol. The predicted octanol–water partition coefficient (Wildman–Crippen LogP) is 5.17. The maximum Gasteiger partial charge on any atom is 0.259 e. The second-order valence-corrected chi connectivity index (χ2v) is 9.11. The molecule has 2 aromatic heterocycles. The van der Waals surface area contributed by atoms with Crippen LogP contribution in [0.25, 0.3) is 10.2 Å². The highest BCUT2D eigenvalue weighted by molar-refractivity contribution is 7.18. The van der Waals surface area contributed by atoms with Crippen molar-refractivity contribution in [2.24, 2.45) is 5.92 Å². The van der Waals surface area contributed by atoms with Crippen molar-refractivity contribution in [1.82, 2.24) is 15.3 Å². The molecular weight excluding hydrogens is 378 g/mol. The van der Waals surface area contributed by atoms with Gasteiger partial charge in [-0.15, -0.1) is 11.3 Å². The number of rotatable bonds is 4. The minimum Gasteiger partial charge on any atom is -0.309 e. The van der Waals surface area contributed by atoms with Gasteiger partial charge in [0.1, 0.15) is 10.7 Å². The zero-order valence-corrected chi connectivity index (χ0v) is 17.4. The molecule has 0 amide bonds. The largest absolute Gasteiger partial charge is 0.309 e. The lowest BCUT2D eigenvalue weighted by atomic mass is 9.89. The number of aromatic nitrogens is 2. The summed E-state index contributed by atoms with van der Waals surface area (Å²) in [7, 11) is 0. The van der Waals surface area contributed by atoms with Crippen LogP contribution in [0.2, 0.25) is 5.02 Å². The average molecular weight is 402 g/mol. The molecule has 3 unspecified atom stereocenters. The van der Waals surface area contributed by atoms with Crippen molar-refractivity contribution in [2.75, 3.05) is 0 Å². The average Bonchev–Trinajstić information content (AvgIpc) is 2.99. The molecule has 0 aliphatic heterocycles. The molecule has 4 nitrogen and oxygen atoms in total. The van der Waals surface area contributed by atoms with Crippen molar-refractivity contribution >= 4 is 33.2 Å². The summed E-state index contributed by atoms with van der Waals surface area (Å²) in [5.41, 5.74) is 2.24. The first kappa shape index (κ1) is 18.7. The summed E-state index contributed by atoms with van der Waals surface area (Å²) in [6.07, 6.45) is 3.19. The lowest BCUT2D eigenvalue weighted by molar-refractivity contribution is 0.477. The van der Waals surface area contributed by atoms with Gasteiger partial charge in [-0.2, -0.15) is 0 Å². The van der Waals surface area contributed by atoms with Crippen LogP contribution in [0.1, 0.15) is 61.1 Å². The zero-order chi connectivity index (χ0) is 19.1. The van der Waals surface area contributed by atoms with Crippen LogP contribution in [0.4, 0.5) is 0 Å². The Hall–Kier alpha value is -1.69. The van der Waals surface area contributed by atoms with E-state index < -0.39 is 0 Å². The van der Waals surface area contributed by atoms with Gasteiger partial charge < -0.3 is 10.3 Å². The second kappa shape index (κ2) is 7.38. The van der Waals surface area contributed by atoms with Crippen molar-refractivity contribution in [2.45, 2.75) is 52.1 Å². The van der Waals surface area contributed by atoms with E-state index in [0.717, 1.165) is 40.1 Å². The molecule has 1 aromatic carbocycles. The Morgan fingerprint density at radius 3 is 2.85 bits per heavy atom. The van der Waals surface area contributed by atoms with E-state index in [1.165, 1.54) is 10.4 Å². The molecule has 4 rings (SSSR count). The van der Waals surface area contributed by atoms with Crippen LogP contribution in [0.5, 0.6) is 0 Å². The summed E-state index contributed by atoms with van der Waals surface area (Å²) in [6.45, 7) is 6.37. The van der Waals surface area contributed by atoms with E-state index in [1.54, 1.807) is 11.3 Å². The molecule has 1 aliphatic carbocycles. The molecule has 0 fully saturated rings. The van der Waals surface area contributed by atoms with Crippen LogP contribution < -0.4 is 10.9 Å². The normalized spacial score (nSPS) is 19.0. The smallest absolute Gasteiger partial charge is 0.259 e. The van der Waals surface area contributed by atoms with E-state index >= 15 is 0 Å². The molecule has 3 aromatic rings. The molecule has 0 spiro atoms. The van der Waals surface area contributed by atoms with Crippen molar-refractivity contribution in [3.63, 3.8) is 0 Å². The number of nitrogens with zero attached hydrogens (tertiary/aromatic N) is 1. The van der Waals surface area contributed by atoms with E-state index in [2.05, 4.69) is 24.1 Å². The van der Waals surface area contributed by atoms with Gasteiger partial charge >= 0.3 is 0 Å². The van der Waals surface area contributed by atoms with Crippen molar-refractivity contribution in [3.8, 4) is 0 Å².